The van der Waals surface area contributed by atoms with Crippen LogP contribution in [0.1, 0.15) is 18.3 Å². The third kappa shape index (κ3) is 0.618. The lowest BCUT2D eigenvalue weighted by Gasteiger charge is -1.76. The van der Waals surface area contributed by atoms with E-state index in [1.807, 2.05) is 0 Å². The van der Waals surface area contributed by atoms with Gasteiger partial charge in [-0.05, 0) is 12.8 Å². The van der Waals surface area contributed by atoms with Crippen molar-refractivity contribution in [1.29, 1.82) is 0 Å². The minimum absolute atomic E-state index is 0.153. The Hall–Kier alpha value is -0.0400. The van der Waals surface area contributed by atoms with Crippen LogP contribution in [-0.2, 0) is 4.74 Å². The van der Waals surface area contributed by atoms with Crippen LogP contribution in [0.3, 0.4) is 0 Å². The Bertz CT molecular complexity index is 108. The molecule has 1 heterocycles. The highest BCUT2D eigenvalue weighted by molar-refractivity contribution is 4.43. The zero-order valence-corrected chi connectivity index (χ0v) is 2.82. The predicted molar refractivity (Wildman–Crippen MR) is 20.1 cm³/mol. The largest absolute Gasteiger partial charge is 0.381 e. The van der Waals surface area contributed by atoms with Gasteiger partial charge in [-0.1, -0.05) is 0 Å². The minimum Gasteiger partial charge on any atom is -0.381 e. The molecule has 0 bridgehead atoms. The van der Waals surface area contributed by atoms with Crippen LogP contribution in [0.5, 0.6) is 0 Å². The Labute approximate surface area is 37.6 Å². The first-order valence-corrected chi connectivity index (χ1v) is 1.60. The van der Waals surface area contributed by atoms with Crippen LogP contribution in [0.15, 0.2) is 0 Å². The van der Waals surface area contributed by atoms with E-state index in [0.717, 1.165) is 0 Å². The van der Waals surface area contributed by atoms with E-state index in [9.17, 15) is 0 Å². The molecule has 0 saturated carbocycles. The molecule has 1 aliphatic heterocycles. The molecule has 0 aromatic carbocycles. The second-order valence-electron chi connectivity index (χ2n) is 0.877. The molecule has 0 unspecified atom stereocenters. The summed E-state index contributed by atoms with van der Waals surface area (Å²) in [5.41, 5.74) is 0. The molecule has 1 saturated heterocycles. The molecule has 1 aliphatic rings. The molecule has 1 rings (SSSR count). The fourth-order valence-electron chi connectivity index (χ4n) is 0.255. The summed E-state index contributed by atoms with van der Waals surface area (Å²) >= 11 is 0. The van der Waals surface area contributed by atoms with Gasteiger partial charge in [-0.25, -0.2) is 0 Å². The summed E-state index contributed by atoms with van der Waals surface area (Å²) in [6.45, 7) is -1.90. The van der Waals surface area contributed by atoms with Crippen molar-refractivity contribution in [2.45, 2.75) is 12.8 Å². The molecule has 1 fully saturated rings. The van der Waals surface area contributed by atoms with Crippen LogP contribution in [-0.4, -0.2) is 13.2 Å². The maximum Gasteiger partial charge on any atom is 0.0567 e. The van der Waals surface area contributed by atoms with E-state index in [-0.39, 0.29) is 13.0 Å². The van der Waals surface area contributed by atoms with Gasteiger partial charge in [0, 0.05) is 15.9 Å². The van der Waals surface area contributed by atoms with Gasteiger partial charge in [0.05, 0.1) is 2.74 Å². The summed E-state index contributed by atoms with van der Waals surface area (Å²) in [6.07, 6.45) is -1.65. The average Bonchev–Trinajstić information content (AvgIpc) is 1.81. The van der Waals surface area contributed by atoms with Gasteiger partial charge < -0.3 is 4.74 Å². The van der Waals surface area contributed by atoms with E-state index >= 15 is 0 Å². The van der Waals surface area contributed by atoms with Gasteiger partial charge in [0.2, 0.25) is 0 Å². The zero-order valence-electron chi connectivity index (χ0n) is 6.82. The molecular formula is C4H8O. The highest BCUT2D eigenvalue weighted by atomic mass is 16.5. The van der Waals surface area contributed by atoms with Crippen molar-refractivity contribution in [2.24, 2.45) is 0 Å². The summed E-state index contributed by atoms with van der Waals surface area (Å²) in [5, 5.41) is 0. The van der Waals surface area contributed by atoms with Gasteiger partial charge in [-0.2, -0.15) is 0 Å². The second-order valence-corrected chi connectivity index (χ2v) is 0.877. The summed E-state index contributed by atoms with van der Waals surface area (Å²) in [5.74, 6) is 0. The van der Waals surface area contributed by atoms with Crippen molar-refractivity contribution in [3.8, 4) is 0 Å². The zero-order chi connectivity index (χ0) is 7.12. The van der Waals surface area contributed by atoms with E-state index in [0.29, 0.717) is 0 Å². The molecule has 0 aromatic rings. The molecule has 1 heteroatoms. The fourth-order valence-corrected chi connectivity index (χ4v) is 0.255. The minimum atomic E-state index is -2.08. The van der Waals surface area contributed by atoms with E-state index in [2.05, 4.69) is 4.74 Å². The van der Waals surface area contributed by atoms with Crippen molar-refractivity contribution in [1.82, 2.24) is 0 Å². The number of hydrogen-bond acceptors (Lipinski definition) is 1. The van der Waals surface area contributed by atoms with E-state index in [1.54, 1.807) is 0 Å². The SMILES string of the molecule is [2H]C1([2H])CCOC1([2H])[2H]. The Morgan fingerprint density at radius 2 is 2.80 bits per heavy atom. The van der Waals surface area contributed by atoms with Gasteiger partial charge >= 0.3 is 0 Å². The van der Waals surface area contributed by atoms with Crippen molar-refractivity contribution in [3.63, 3.8) is 0 Å². The topological polar surface area (TPSA) is 9.23 Å². The third-order valence-electron chi connectivity index (χ3n) is 0.473. The van der Waals surface area contributed by atoms with Gasteiger partial charge in [0.15, 0.2) is 0 Å². The molecule has 0 amide bonds. The van der Waals surface area contributed by atoms with Crippen LogP contribution < -0.4 is 0 Å². The van der Waals surface area contributed by atoms with Crippen LogP contribution in [0.2, 0.25) is 0 Å². The van der Waals surface area contributed by atoms with Crippen molar-refractivity contribution >= 4 is 0 Å². The maximum atomic E-state index is 7.06. The maximum absolute atomic E-state index is 7.06. The summed E-state index contributed by atoms with van der Waals surface area (Å²) < 4.78 is 32.5. The summed E-state index contributed by atoms with van der Waals surface area (Å²) in [4.78, 5) is 0. The quantitative estimate of drug-likeness (QED) is 0.414. The average molecular weight is 76.1 g/mol. The number of ether oxygens (including phenoxy) is 1. The van der Waals surface area contributed by atoms with E-state index in [4.69, 9.17) is 5.48 Å². The van der Waals surface area contributed by atoms with Crippen LogP contribution in [0.25, 0.3) is 0 Å². The molecule has 1 nitrogen and oxygen atoms in total. The summed E-state index contributed by atoms with van der Waals surface area (Å²) in [7, 11) is 0. The van der Waals surface area contributed by atoms with Gasteiger partial charge in [0.25, 0.3) is 0 Å². The Balaban J connectivity index is 2.75. The van der Waals surface area contributed by atoms with Crippen LogP contribution >= 0.6 is 0 Å². The molecule has 0 radical (unpaired) electrons. The molecule has 0 atom stereocenters. The van der Waals surface area contributed by atoms with Crippen LogP contribution in [0.4, 0.5) is 0 Å². The number of rotatable bonds is 0. The highest BCUT2D eigenvalue weighted by Crippen LogP contribution is 1.98. The lowest BCUT2D eigenvalue weighted by molar-refractivity contribution is 0.198. The Kier molecular flexibility index (Phi) is 0.273. The second kappa shape index (κ2) is 1.41. The van der Waals surface area contributed by atoms with E-state index in [1.165, 1.54) is 0 Å². The lowest BCUT2D eigenvalue weighted by Crippen LogP contribution is -1.74. The van der Waals surface area contributed by atoms with Gasteiger partial charge in [0.1, 0.15) is 0 Å². The lowest BCUT2D eigenvalue weighted by atomic mass is 10.4. The first-order valence-electron chi connectivity index (χ1n) is 3.60. The standard InChI is InChI=1S/C4H8O/c1-2-4-5-3-1/h1-4H2/i1D2,3D2. The van der Waals surface area contributed by atoms with E-state index < -0.39 is 12.9 Å². The molecular weight excluding hydrogens is 64.0 g/mol. The molecule has 0 N–H and O–H groups in total. The molecule has 0 aromatic heterocycles. The molecule has 5 heavy (non-hydrogen) atoms. The smallest absolute Gasteiger partial charge is 0.0567 e. The molecule has 0 aliphatic carbocycles. The third-order valence-corrected chi connectivity index (χ3v) is 0.473. The van der Waals surface area contributed by atoms with Crippen molar-refractivity contribution in [3.05, 3.63) is 0 Å². The number of hydrogen-bond donors (Lipinski definition) is 0. The Morgan fingerprint density at radius 1 is 1.80 bits per heavy atom. The predicted octanol–water partition coefficient (Wildman–Crippen LogP) is 0.797. The van der Waals surface area contributed by atoms with Gasteiger partial charge in [-0.3, -0.25) is 0 Å². The van der Waals surface area contributed by atoms with Gasteiger partial charge in [-0.15, -0.1) is 0 Å². The summed E-state index contributed by atoms with van der Waals surface area (Å²) in [6, 6.07) is 0. The van der Waals surface area contributed by atoms with Crippen molar-refractivity contribution < 1.29 is 10.2 Å². The molecule has 0 spiro atoms. The fraction of sp³-hybridized carbons (Fsp3) is 1.00. The van der Waals surface area contributed by atoms with Crippen LogP contribution in [0, 0.1) is 0 Å². The first kappa shape index (κ1) is 0.969. The normalized spacial score (nSPS) is 56.0. The van der Waals surface area contributed by atoms with Crippen molar-refractivity contribution in [2.75, 3.05) is 13.2 Å². The first-order chi connectivity index (χ1) is 3.96. The Morgan fingerprint density at radius 3 is 3.00 bits per heavy atom. The highest BCUT2D eigenvalue weighted by Gasteiger charge is 1.94. The molecule has 30 valence electrons. The monoisotopic (exact) mass is 76.1 g/mol.